The molecule has 0 atom stereocenters. The molecule has 3 aromatic carbocycles. The summed E-state index contributed by atoms with van der Waals surface area (Å²) in [6, 6.07) is 21.0. The second kappa shape index (κ2) is 8.64. The molecule has 0 aliphatic carbocycles. The van der Waals surface area contributed by atoms with Crippen molar-refractivity contribution >= 4 is 10.0 Å². The van der Waals surface area contributed by atoms with Crippen molar-refractivity contribution in [1.82, 2.24) is 10.2 Å². The highest BCUT2D eigenvalue weighted by Crippen LogP contribution is 2.42. The number of nitrogens with one attached hydrogen (secondary N) is 1. The van der Waals surface area contributed by atoms with Crippen molar-refractivity contribution in [2.45, 2.75) is 24.7 Å². The average Bonchev–Trinajstić information content (AvgIpc) is 3.24. The fourth-order valence-corrected chi connectivity index (χ4v) is 4.19. The van der Waals surface area contributed by atoms with E-state index in [2.05, 4.69) is 17.1 Å². The number of aromatic amines is 1. The minimum atomic E-state index is -3.87. The third kappa shape index (κ3) is 4.19. The zero-order valence-corrected chi connectivity index (χ0v) is 18.0. The van der Waals surface area contributed by atoms with E-state index in [-0.39, 0.29) is 16.2 Å². The van der Waals surface area contributed by atoms with E-state index in [0.717, 1.165) is 17.5 Å². The monoisotopic (exact) mass is 453 g/mol. The summed E-state index contributed by atoms with van der Waals surface area (Å²) in [6.45, 7) is 2.07. The van der Waals surface area contributed by atoms with Gasteiger partial charge in [-0.15, -0.1) is 0 Å². The lowest BCUT2D eigenvalue weighted by molar-refractivity contribution is 0.146. The molecule has 0 bridgehead atoms. The smallest absolute Gasteiger partial charge is 0.275 e. The van der Waals surface area contributed by atoms with Crippen molar-refractivity contribution in [3.63, 3.8) is 0 Å². The predicted octanol–water partition coefficient (Wildman–Crippen LogP) is 5.56. The second-order valence-electron chi connectivity index (χ2n) is 7.33. The van der Waals surface area contributed by atoms with Gasteiger partial charge in [0.1, 0.15) is 11.4 Å². The Kier molecular flexibility index (Phi) is 5.90. The summed E-state index contributed by atoms with van der Waals surface area (Å²) in [5.41, 5.74) is 4.25. The van der Waals surface area contributed by atoms with Crippen LogP contribution < -0.4 is 5.14 Å². The Morgan fingerprint density at radius 2 is 1.50 bits per heavy atom. The summed E-state index contributed by atoms with van der Waals surface area (Å²) in [4.78, 5) is -0.0659. The Bertz CT molecular complexity index is 1350. The van der Waals surface area contributed by atoms with Gasteiger partial charge in [0.05, 0.1) is 4.90 Å². The third-order valence-electron chi connectivity index (χ3n) is 5.34. The van der Waals surface area contributed by atoms with E-state index in [1.54, 1.807) is 12.1 Å². The Morgan fingerprint density at radius 1 is 0.906 bits per heavy atom. The highest BCUT2D eigenvalue weighted by atomic mass is 32.2. The summed E-state index contributed by atoms with van der Waals surface area (Å²) in [6.07, 6.45) is -1.87. The lowest BCUT2D eigenvalue weighted by Crippen LogP contribution is -2.11. The van der Waals surface area contributed by atoms with E-state index in [0.29, 0.717) is 16.8 Å². The van der Waals surface area contributed by atoms with E-state index in [1.807, 2.05) is 36.4 Å². The lowest BCUT2D eigenvalue weighted by Gasteiger charge is -2.13. The van der Waals surface area contributed by atoms with Crippen molar-refractivity contribution in [3.8, 4) is 33.5 Å². The van der Waals surface area contributed by atoms with Crippen LogP contribution in [0.15, 0.2) is 77.7 Å². The maximum Gasteiger partial charge on any atom is 0.280 e. The summed E-state index contributed by atoms with van der Waals surface area (Å²) in [5, 5.41) is 11.8. The molecule has 0 aliphatic heterocycles. The number of hydrogen-bond donors (Lipinski definition) is 2. The Balaban J connectivity index is 1.90. The number of hydrogen-bond acceptors (Lipinski definition) is 3. The van der Waals surface area contributed by atoms with E-state index in [9.17, 15) is 17.2 Å². The van der Waals surface area contributed by atoms with E-state index in [1.165, 1.54) is 29.8 Å². The molecular formula is C24H21F2N3O2S. The quantitative estimate of drug-likeness (QED) is 0.401. The number of aromatic nitrogens is 2. The molecule has 5 nitrogen and oxygen atoms in total. The number of primary sulfonamides is 1. The fraction of sp³-hybridized carbons (Fsp3) is 0.125. The molecule has 0 aliphatic rings. The van der Waals surface area contributed by atoms with E-state index >= 15 is 0 Å². The summed E-state index contributed by atoms with van der Waals surface area (Å²) in [7, 11) is -3.87. The summed E-state index contributed by atoms with van der Waals surface area (Å²) >= 11 is 0. The highest BCUT2D eigenvalue weighted by Gasteiger charge is 2.25. The van der Waals surface area contributed by atoms with Gasteiger partial charge in [0.25, 0.3) is 6.43 Å². The standard InChI is InChI=1S/C24H21F2N3O2S/c1-2-15-7-9-16(10-8-15)19-5-3-4-6-20(19)21-22(28-29-23(21)24(25)26)17-11-13-18(14-12-17)32(27,30)31/h3-14,24H,2H2,1H3,(H,28,29)(H2,27,30,31). The Morgan fingerprint density at radius 3 is 2.06 bits per heavy atom. The molecule has 0 amide bonds. The number of nitrogens with zero attached hydrogens (tertiary/aromatic N) is 1. The van der Waals surface area contributed by atoms with Crippen molar-refractivity contribution in [3.05, 3.63) is 84.1 Å². The largest absolute Gasteiger partial charge is 0.280 e. The number of rotatable bonds is 6. The zero-order chi connectivity index (χ0) is 22.9. The number of alkyl halides is 2. The van der Waals surface area contributed by atoms with Gasteiger partial charge in [-0.1, -0.05) is 67.6 Å². The van der Waals surface area contributed by atoms with Crippen LogP contribution in [-0.2, 0) is 16.4 Å². The zero-order valence-electron chi connectivity index (χ0n) is 17.2. The molecule has 0 saturated heterocycles. The predicted molar refractivity (Wildman–Crippen MR) is 121 cm³/mol. The minimum absolute atomic E-state index is 0.0659. The highest BCUT2D eigenvalue weighted by molar-refractivity contribution is 7.89. The van der Waals surface area contributed by atoms with E-state index in [4.69, 9.17) is 5.14 Å². The van der Waals surface area contributed by atoms with Crippen molar-refractivity contribution in [1.29, 1.82) is 0 Å². The van der Waals surface area contributed by atoms with E-state index < -0.39 is 16.4 Å². The number of benzene rings is 3. The number of nitrogens with two attached hydrogens (primary N) is 1. The van der Waals surface area contributed by atoms with Gasteiger partial charge in [-0.2, -0.15) is 5.10 Å². The van der Waals surface area contributed by atoms with Gasteiger partial charge < -0.3 is 0 Å². The summed E-state index contributed by atoms with van der Waals surface area (Å²) in [5.74, 6) is 0. The molecule has 0 unspecified atom stereocenters. The first kappa shape index (κ1) is 21.9. The van der Waals surface area contributed by atoms with Crippen LogP contribution in [0.5, 0.6) is 0 Å². The van der Waals surface area contributed by atoms with Crippen LogP contribution >= 0.6 is 0 Å². The van der Waals surface area contributed by atoms with Gasteiger partial charge in [-0.05, 0) is 40.8 Å². The van der Waals surface area contributed by atoms with Crippen LogP contribution in [0, 0.1) is 0 Å². The number of aryl methyl sites for hydroxylation is 1. The van der Waals surface area contributed by atoms with Crippen LogP contribution in [0.25, 0.3) is 33.5 Å². The topological polar surface area (TPSA) is 88.8 Å². The molecule has 1 heterocycles. The van der Waals surface area contributed by atoms with Crippen LogP contribution in [-0.4, -0.2) is 18.6 Å². The van der Waals surface area contributed by atoms with Gasteiger partial charge in [-0.3, -0.25) is 5.10 Å². The number of H-pyrrole nitrogens is 1. The molecular weight excluding hydrogens is 432 g/mol. The molecule has 0 fully saturated rings. The number of sulfonamides is 1. The maximum atomic E-state index is 13.9. The number of halogens is 2. The lowest BCUT2D eigenvalue weighted by atomic mass is 9.91. The van der Waals surface area contributed by atoms with Gasteiger partial charge in [0, 0.05) is 11.1 Å². The average molecular weight is 454 g/mol. The first-order valence-corrected chi connectivity index (χ1v) is 11.5. The SMILES string of the molecule is CCc1ccc(-c2ccccc2-c2c(-c3ccc(S(N)(=O)=O)cc3)n[nH]c2C(F)F)cc1. The molecule has 1 aromatic heterocycles. The van der Waals surface area contributed by atoms with Crippen LogP contribution in [0.3, 0.4) is 0 Å². The van der Waals surface area contributed by atoms with Gasteiger partial charge in [0.2, 0.25) is 10.0 Å². The molecule has 164 valence electrons. The molecule has 8 heteroatoms. The molecule has 4 aromatic rings. The Labute approximate surface area is 185 Å². The Hall–Kier alpha value is -3.36. The molecule has 4 rings (SSSR count). The van der Waals surface area contributed by atoms with Crippen LogP contribution in [0.1, 0.15) is 24.6 Å². The van der Waals surface area contributed by atoms with Crippen molar-refractivity contribution < 1.29 is 17.2 Å². The fourth-order valence-electron chi connectivity index (χ4n) is 3.67. The van der Waals surface area contributed by atoms with Crippen molar-refractivity contribution in [2.24, 2.45) is 5.14 Å². The molecule has 0 saturated carbocycles. The van der Waals surface area contributed by atoms with Crippen molar-refractivity contribution in [2.75, 3.05) is 0 Å². The first-order chi connectivity index (χ1) is 15.3. The molecule has 0 radical (unpaired) electrons. The summed E-state index contributed by atoms with van der Waals surface area (Å²) < 4.78 is 51.0. The molecule has 32 heavy (non-hydrogen) atoms. The van der Waals surface area contributed by atoms with Gasteiger partial charge in [0.15, 0.2) is 0 Å². The molecule has 0 spiro atoms. The third-order valence-corrected chi connectivity index (χ3v) is 6.27. The van der Waals surface area contributed by atoms with Crippen LogP contribution in [0.4, 0.5) is 8.78 Å². The molecule has 3 N–H and O–H groups in total. The minimum Gasteiger partial charge on any atom is -0.275 e. The van der Waals surface area contributed by atoms with Crippen LogP contribution in [0.2, 0.25) is 0 Å². The second-order valence-corrected chi connectivity index (χ2v) is 8.89. The maximum absolute atomic E-state index is 13.9. The van der Waals surface area contributed by atoms with Gasteiger partial charge >= 0.3 is 0 Å². The normalized spacial score (nSPS) is 11.8. The first-order valence-electron chi connectivity index (χ1n) is 9.98. The van der Waals surface area contributed by atoms with Gasteiger partial charge in [-0.25, -0.2) is 22.3 Å².